The largest absolute Gasteiger partial charge is 0.433 e. The summed E-state index contributed by atoms with van der Waals surface area (Å²) < 4.78 is 40.0. The Morgan fingerprint density at radius 2 is 1.88 bits per heavy atom. The van der Waals surface area contributed by atoms with Crippen LogP contribution in [0.2, 0.25) is 0 Å². The van der Waals surface area contributed by atoms with Gasteiger partial charge in [-0.05, 0) is 14.1 Å². The van der Waals surface area contributed by atoms with Crippen molar-refractivity contribution in [1.29, 1.82) is 0 Å². The molecule has 0 radical (unpaired) electrons. The summed E-state index contributed by atoms with van der Waals surface area (Å²) in [4.78, 5) is 6.12. The van der Waals surface area contributed by atoms with Gasteiger partial charge < -0.3 is 10.0 Å². The van der Waals surface area contributed by atoms with E-state index in [4.69, 9.17) is 0 Å². The van der Waals surface area contributed by atoms with E-state index in [0.29, 0.717) is 13.1 Å². The molecule has 1 saturated heterocycles. The van der Waals surface area contributed by atoms with Gasteiger partial charge in [0.15, 0.2) is 0 Å². The predicted octanol–water partition coefficient (Wildman–Crippen LogP) is 0.479. The fourth-order valence-corrected chi connectivity index (χ4v) is 3.07. The van der Waals surface area contributed by atoms with Crippen LogP contribution >= 0.6 is 0 Å². The van der Waals surface area contributed by atoms with Crippen LogP contribution in [-0.2, 0) is 19.8 Å². The zero-order valence-corrected chi connectivity index (χ0v) is 14.4. The number of halogens is 3. The summed E-state index contributed by atoms with van der Waals surface area (Å²) in [6.07, 6.45) is -3.78. The number of alkyl halides is 3. The van der Waals surface area contributed by atoms with Crippen molar-refractivity contribution in [3.8, 4) is 0 Å². The SMILES string of the molecule is CN1CCN(CC(O)CN(C)Cc2cnn(C)c2C(F)(F)F)CC1. The molecule has 1 aliphatic heterocycles. The first-order valence-corrected chi connectivity index (χ1v) is 8.02. The minimum atomic E-state index is -4.43. The zero-order valence-electron chi connectivity index (χ0n) is 14.4. The number of aromatic nitrogens is 2. The van der Waals surface area contributed by atoms with Crippen LogP contribution in [0.3, 0.4) is 0 Å². The van der Waals surface area contributed by atoms with Gasteiger partial charge in [0.05, 0.1) is 12.3 Å². The third-order valence-electron chi connectivity index (χ3n) is 4.31. The van der Waals surface area contributed by atoms with Gasteiger partial charge in [-0.1, -0.05) is 0 Å². The molecule has 2 rings (SSSR count). The minimum absolute atomic E-state index is 0.0997. The number of β-amino-alcohol motifs (C(OH)–C–C–N with tert-alkyl or cyclic N) is 1. The van der Waals surface area contributed by atoms with E-state index in [1.165, 1.54) is 13.2 Å². The maximum absolute atomic E-state index is 13.1. The topological polar surface area (TPSA) is 47.8 Å². The average molecular weight is 349 g/mol. The van der Waals surface area contributed by atoms with Crippen LogP contribution in [0.15, 0.2) is 6.20 Å². The Labute approximate surface area is 140 Å². The monoisotopic (exact) mass is 349 g/mol. The van der Waals surface area contributed by atoms with Gasteiger partial charge in [-0.3, -0.25) is 14.5 Å². The lowest BCUT2D eigenvalue weighted by Crippen LogP contribution is -2.48. The highest BCUT2D eigenvalue weighted by Crippen LogP contribution is 2.31. The van der Waals surface area contributed by atoms with E-state index >= 15 is 0 Å². The average Bonchev–Trinajstić information content (AvgIpc) is 2.81. The van der Waals surface area contributed by atoms with Crippen LogP contribution in [0.4, 0.5) is 13.2 Å². The zero-order chi connectivity index (χ0) is 17.9. The molecule has 1 aromatic rings. The van der Waals surface area contributed by atoms with E-state index in [1.807, 2.05) is 0 Å². The summed E-state index contributed by atoms with van der Waals surface area (Å²) >= 11 is 0. The van der Waals surface area contributed by atoms with Crippen molar-refractivity contribution in [2.45, 2.75) is 18.8 Å². The Bertz CT molecular complexity index is 526. The van der Waals surface area contributed by atoms with E-state index in [9.17, 15) is 18.3 Å². The molecule has 0 bridgehead atoms. The molecule has 6 nitrogen and oxygen atoms in total. The van der Waals surface area contributed by atoms with Gasteiger partial charge in [-0.25, -0.2) is 0 Å². The van der Waals surface area contributed by atoms with Gasteiger partial charge in [0.1, 0.15) is 5.69 Å². The van der Waals surface area contributed by atoms with Crippen molar-refractivity contribution in [2.75, 3.05) is 53.4 Å². The van der Waals surface area contributed by atoms with Gasteiger partial charge in [0, 0.05) is 58.4 Å². The van der Waals surface area contributed by atoms with E-state index in [-0.39, 0.29) is 12.1 Å². The van der Waals surface area contributed by atoms with Crippen molar-refractivity contribution in [1.82, 2.24) is 24.5 Å². The van der Waals surface area contributed by atoms with Crippen molar-refractivity contribution >= 4 is 0 Å². The lowest BCUT2D eigenvalue weighted by Gasteiger charge is -2.34. The number of hydrogen-bond acceptors (Lipinski definition) is 5. The lowest BCUT2D eigenvalue weighted by molar-refractivity contribution is -0.144. The molecular weight excluding hydrogens is 323 g/mol. The predicted molar refractivity (Wildman–Crippen MR) is 84.5 cm³/mol. The van der Waals surface area contributed by atoms with E-state index in [2.05, 4.69) is 21.9 Å². The highest BCUT2D eigenvalue weighted by molar-refractivity contribution is 5.20. The first-order valence-electron chi connectivity index (χ1n) is 8.02. The normalized spacial score (nSPS) is 19.2. The molecule has 9 heteroatoms. The number of aliphatic hydroxyl groups is 1. The van der Waals surface area contributed by atoms with Crippen LogP contribution in [-0.4, -0.2) is 89.1 Å². The lowest BCUT2D eigenvalue weighted by atomic mass is 10.2. The molecule has 2 heterocycles. The minimum Gasteiger partial charge on any atom is -0.390 e. The van der Waals surface area contributed by atoms with Crippen molar-refractivity contribution in [3.05, 3.63) is 17.5 Å². The fraction of sp³-hybridized carbons (Fsp3) is 0.800. The Morgan fingerprint density at radius 1 is 1.25 bits per heavy atom. The second kappa shape index (κ2) is 7.81. The molecule has 1 fully saturated rings. The van der Waals surface area contributed by atoms with Gasteiger partial charge in [0.25, 0.3) is 0 Å². The molecule has 0 saturated carbocycles. The van der Waals surface area contributed by atoms with E-state index in [0.717, 1.165) is 30.9 Å². The van der Waals surface area contributed by atoms with Crippen LogP contribution in [0.1, 0.15) is 11.3 Å². The number of likely N-dealkylation sites (N-methyl/N-ethyl adjacent to an activating group) is 2. The van der Waals surface area contributed by atoms with Crippen LogP contribution in [0.5, 0.6) is 0 Å². The number of hydrogen-bond donors (Lipinski definition) is 1. The Balaban J connectivity index is 1.86. The fourth-order valence-electron chi connectivity index (χ4n) is 3.07. The number of nitrogens with zero attached hydrogens (tertiary/aromatic N) is 5. The van der Waals surface area contributed by atoms with Crippen LogP contribution in [0, 0.1) is 0 Å². The smallest absolute Gasteiger partial charge is 0.390 e. The molecule has 0 amide bonds. The molecule has 1 atom stereocenters. The molecule has 1 aromatic heterocycles. The molecule has 24 heavy (non-hydrogen) atoms. The first kappa shape index (κ1) is 19.2. The molecule has 0 spiro atoms. The van der Waals surface area contributed by atoms with Gasteiger partial charge >= 0.3 is 6.18 Å². The summed E-state index contributed by atoms with van der Waals surface area (Å²) in [7, 11) is 5.06. The summed E-state index contributed by atoms with van der Waals surface area (Å²) in [6.45, 7) is 4.69. The number of aliphatic hydroxyl groups excluding tert-OH is 1. The Morgan fingerprint density at radius 3 is 2.46 bits per heavy atom. The van der Waals surface area contributed by atoms with Crippen molar-refractivity contribution in [3.63, 3.8) is 0 Å². The summed E-state index contributed by atoms with van der Waals surface area (Å²) in [6, 6.07) is 0. The maximum Gasteiger partial charge on any atom is 0.433 e. The summed E-state index contributed by atoms with van der Waals surface area (Å²) in [5, 5.41) is 13.9. The van der Waals surface area contributed by atoms with E-state index in [1.54, 1.807) is 11.9 Å². The maximum atomic E-state index is 13.1. The molecular formula is C15H26F3N5O. The molecule has 0 aliphatic carbocycles. The molecule has 1 N–H and O–H groups in total. The van der Waals surface area contributed by atoms with Crippen LogP contribution < -0.4 is 0 Å². The Kier molecular flexibility index (Phi) is 6.24. The Hall–Kier alpha value is -1.16. The highest BCUT2D eigenvalue weighted by atomic mass is 19.4. The van der Waals surface area contributed by atoms with Crippen LogP contribution in [0.25, 0.3) is 0 Å². The number of rotatable bonds is 6. The molecule has 138 valence electrons. The summed E-state index contributed by atoms with van der Waals surface area (Å²) in [5.41, 5.74) is -0.609. The number of aryl methyl sites for hydroxylation is 1. The van der Waals surface area contributed by atoms with Gasteiger partial charge in [-0.2, -0.15) is 18.3 Å². The van der Waals surface area contributed by atoms with Crippen molar-refractivity contribution in [2.24, 2.45) is 7.05 Å². The third-order valence-corrected chi connectivity index (χ3v) is 4.31. The van der Waals surface area contributed by atoms with E-state index < -0.39 is 18.0 Å². The molecule has 0 aromatic carbocycles. The van der Waals surface area contributed by atoms with Gasteiger partial charge in [-0.15, -0.1) is 0 Å². The standard InChI is InChI=1S/C15H26F3N5O/c1-20-4-6-23(7-5-20)11-13(24)10-21(2)9-12-8-19-22(3)14(12)15(16,17)18/h8,13,24H,4-7,9-11H2,1-3H3. The van der Waals surface area contributed by atoms with Crippen molar-refractivity contribution < 1.29 is 18.3 Å². The summed E-state index contributed by atoms with van der Waals surface area (Å²) in [5.74, 6) is 0. The third kappa shape index (κ3) is 5.17. The number of piperazine rings is 1. The highest BCUT2D eigenvalue weighted by Gasteiger charge is 2.37. The second-order valence-electron chi connectivity index (χ2n) is 6.59. The molecule has 1 aliphatic rings. The van der Waals surface area contributed by atoms with Gasteiger partial charge in [0.2, 0.25) is 0 Å². The molecule has 1 unspecified atom stereocenters. The quantitative estimate of drug-likeness (QED) is 0.810. The first-order chi connectivity index (χ1) is 11.2. The second-order valence-corrected chi connectivity index (χ2v) is 6.59.